The minimum absolute atomic E-state index is 0.383. The molecule has 0 bridgehead atoms. The molecule has 0 fully saturated rings. The van der Waals surface area contributed by atoms with E-state index in [-0.39, 0.29) is 0 Å². The van der Waals surface area contributed by atoms with Crippen molar-refractivity contribution < 1.29 is 12.8 Å². The number of aromatic nitrogens is 1. The Kier molecular flexibility index (Phi) is 4.67. The lowest BCUT2D eigenvalue weighted by Crippen LogP contribution is -2.32. The van der Waals surface area contributed by atoms with E-state index in [2.05, 4.69) is 9.71 Å². The highest BCUT2D eigenvalue weighted by Gasteiger charge is 2.09. The van der Waals surface area contributed by atoms with Gasteiger partial charge >= 0.3 is 0 Å². The molecule has 1 heterocycles. The van der Waals surface area contributed by atoms with Crippen LogP contribution < -0.4 is 4.72 Å². The molecule has 0 amide bonds. The Morgan fingerprint density at radius 2 is 2.06 bits per heavy atom. The van der Waals surface area contributed by atoms with Gasteiger partial charge in [0.1, 0.15) is 5.76 Å². The molecule has 0 aliphatic heterocycles. The monoisotopic (exact) mass is 261 g/mol. The highest BCUT2D eigenvalue weighted by molar-refractivity contribution is 7.88. The van der Waals surface area contributed by atoms with E-state index in [1.165, 1.54) is 0 Å². The molecule has 0 spiro atoms. The molecule has 1 aromatic heterocycles. The molecule has 1 N–H and O–H groups in total. The molecule has 0 radical (unpaired) electrons. The number of oxazole rings is 1. The second-order valence-electron chi connectivity index (χ2n) is 4.15. The fraction of sp³-hybridized carbons (Fsp3) is 0.700. The van der Waals surface area contributed by atoms with E-state index in [9.17, 15) is 8.42 Å². The van der Waals surface area contributed by atoms with Crippen LogP contribution in [0.25, 0.3) is 0 Å². The molecule has 0 atom stereocenters. The fourth-order valence-corrected chi connectivity index (χ4v) is 1.80. The summed E-state index contributed by atoms with van der Waals surface area (Å²) in [6, 6.07) is 0. The molecule has 1 aromatic rings. The number of rotatable bonds is 6. The van der Waals surface area contributed by atoms with Gasteiger partial charge in [0.15, 0.2) is 0 Å². The van der Waals surface area contributed by atoms with Crippen LogP contribution in [0.2, 0.25) is 0 Å². The van der Waals surface area contributed by atoms with Gasteiger partial charge in [0, 0.05) is 13.1 Å². The van der Waals surface area contributed by atoms with Crippen molar-refractivity contribution in [2.24, 2.45) is 0 Å². The van der Waals surface area contributed by atoms with Gasteiger partial charge in [0.05, 0.1) is 18.5 Å². The highest BCUT2D eigenvalue weighted by Crippen LogP contribution is 2.09. The van der Waals surface area contributed by atoms with Gasteiger partial charge in [-0.05, 0) is 20.9 Å². The third-order valence-electron chi connectivity index (χ3n) is 2.34. The summed E-state index contributed by atoms with van der Waals surface area (Å²) in [5.41, 5.74) is 0.891. The lowest BCUT2D eigenvalue weighted by atomic mass is 10.4. The summed E-state index contributed by atoms with van der Waals surface area (Å²) >= 11 is 0. The summed E-state index contributed by atoms with van der Waals surface area (Å²) in [4.78, 5) is 6.21. The van der Waals surface area contributed by atoms with E-state index in [1.807, 2.05) is 25.8 Å². The molecule has 0 saturated carbocycles. The normalized spacial score (nSPS) is 12.3. The zero-order valence-corrected chi connectivity index (χ0v) is 11.5. The number of nitrogens with zero attached hydrogens (tertiary/aromatic N) is 2. The third-order valence-corrected chi connectivity index (χ3v) is 3.06. The van der Waals surface area contributed by atoms with E-state index >= 15 is 0 Å². The number of hydrogen-bond donors (Lipinski definition) is 1. The maximum absolute atomic E-state index is 10.9. The van der Waals surface area contributed by atoms with Gasteiger partial charge in [-0.3, -0.25) is 4.90 Å². The van der Waals surface area contributed by atoms with Crippen LogP contribution in [0, 0.1) is 13.8 Å². The quantitative estimate of drug-likeness (QED) is 0.795. The second kappa shape index (κ2) is 5.61. The third kappa shape index (κ3) is 5.29. The molecule has 0 aliphatic carbocycles. The van der Waals surface area contributed by atoms with Crippen molar-refractivity contribution in [1.29, 1.82) is 0 Å². The Labute approximate surface area is 102 Å². The summed E-state index contributed by atoms with van der Waals surface area (Å²) in [5.74, 6) is 1.48. The minimum atomic E-state index is -3.11. The Morgan fingerprint density at radius 3 is 2.53 bits per heavy atom. The summed E-state index contributed by atoms with van der Waals surface area (Å²) in [6.45, 7) is 5.33. The van der Waals surface area contributed by atoms with Crippen LogP contribution in [0.4, 0.5) is 0 Å². The van der Waals surface area contributed by atoms with Crippen molar-refractivity contribution in [2.45, 2.75) is 20.4 Å². The predicted molar refractivity (Wildman–Crippen MR) is 65.2 cm³/mol. The SMILES string of the molecule is Cc1nc(CN(C)CCNS(C)(=O)=O)oc1C. The predicted octanol–water partition coefficient (Wildman–Crippen LogP) is 0.272. The topological polar surface area (TPSA) is 75.4 Å². The Morgan fingerprint density at radius 1 is 1.41 bits per heavy atom. The molecule has 0 saturated heterocycles. The molecule has 0 aliphatic rings. The van der Waals surface area contributed by atoms with E-state index in [4.69, 9.17) is 4.42 Å². The van der Waals surface area contributed by atoms with Gasteiger partial charge in [-0.1, -0.05) is 0 Å². The van der Waals surface area contributed by atoms with E-state index in [0.29, 0.717) is 25.5 Å². The summed E-state index contributed by atoms with van der Waals surface area (Å²) < 4.78 is 29.6. The maximum Gasteiger partial charge on any atom is 0.208 e. The molecule has 1 rings (SSSR count). The van der Waals surface area contributed by atoms with E-state index in [0.717, 1.165) is 17.7 Å². The van der Waals surface area contributed by atoms with Gasteiger partial charge in [-0.25, -0.2) is 18.1 Å². The number of nitrogens with one attached hydrogen (secondary N) is 1. The number of likely N-dealkylation sites (N-methyl/N-ethyl adjacent to an activating group) is 1. The van der Waals surface area contributed by atoms with Crippen LogP contribution in [-0.4, -0.2) is 44.7 Å². The van der Waals surface area contributed by atoms with Crippen LogP contribution in [0.15, 0.2) is 4.42 Å². The van der Waals surface area contributed by atoms with Crippen LogP contribution in [0.5, 0.6) is 0 Å². The molecule has 17 heavy (non-hydrogen) atoms. The van der Waals surface area contributed by atoms with Crippen LogP contribution in [0.3, 0.4) is 0 Å². The zero-order valence-electron chi connectivity index (χ0n) is 10.6. The minimum Gasteiger partial charge on any atom is -0.444 e. The average Bonchev–Trinajstić information content (AvgIpc) is 2.43. The lowest BCUT2D eigenvalue weighted by Gasteiger charge is -2.14. The smallest absolute Gasteiger partial charge is 0.208 e. The van der Waals surface area contributed by atoms with Gasteiger partial charge in [-0.15, -0.1) is 0 Å². The van der Waals surface area contributed by atoms with Gasteiger partial charge in [0.2, 0.25) is 15.9 Å². The van der Waals surface area contributed by atoms with E-state index in [1.54, 1.807) is 0 Å². The van der Waals surface area contributed by atoms with Crippen molar-refractivity contribution in [1.82, 2.24) is 14.6 Å². The van der Waals surface area contributed by atoms with E-state index < -0.39 is 10.0 Å². The number of hydrogen-bond acceptors (Lipinski definition) is 5. The van der Waals surface area contributed by atoms with Crippen LogP contribution in [-0.2, 0) is 16.6 Å². The van der Waals surface area contributed by atoms with Crippen LogP contribution >= 0.6 is 0 Å². The van der Waals surface area contributed by atoms with Gasteiger partial charge in [0.25, 0.3) is 0 Å². The van der Waals surface area contributed by atoms with Crippen molar-refractivity contribution in [3.63, 3.8) is 0 Å². The Hall–Kier alpha value is -0.920. The molecule has 7 heteroatoms. The molecule has 98 valence electrons. The first-order chi connectivity index (χ1) is 7.78. The van der Waals surface area contributed by atoms with Crippen molar-refractivity contribution >= 4 is 10.0 Å². The van der Waals surface area contributed by atoms with Crippen molar-refractivity contribution in [3.05, 3.63) is 17.3 Å². The van der Waals surface area contributed by atoms with Gasteiger partial charge in [-0.2, -0.15) is 0 Å². The second-order valence-corrected chi connectivity index (χ2v) is 5.99. The molecule has 0 unspecified atom stereocenters. The Balaban J connectivity index is 2.37. The molecule has 0 aromatic carbocycles. The summed E-state index contributed by atoms with van der Waals surface area (Å²) in [5, 5.41) is 0. The zero-order chi connectivity index (χ0) is 13.1. The first kappa shape index (κ1) is 14.1. The van der Waals surface area contributed by atoms with Gasteiger partial charge < -0.3 is 4.42 Å². The highest BCUT2D eigenvalue weighted by atomic mass is 32.2. The summed E-state index contributed by atoms with van der Waals surface area (Å²) in [6.07, 6.45) is 1.15. The fourth-order valence-electron chi connectivity index (χ4n) is 1.34. The first-order valence-corrected chi connectivity index (χ1v) is 7.23. The Bertz CT molecular complexity index is 448. The first-order valence-electron chi connectivity index (χ1n) is 5.34. The molecular formula is C10H19N3O3S. The largest absolute Gasteiger partial charge is 0.444 e. The van der Waals surface area contributed by atoms with Crippen LogP contribution in [0.1, 0.15) is 17.3 Å². The number of aryl methyl sites for hydroxylation is 2. The van der Waals surface area contributed by atoms with Crippen molar-refractivity contribution in [2.75, 3.05) is 26.4 Å². The maximum atomic E-state index is 10.9. The summed E-state index contributed by atoms with van der Waals surface area (Å²) in [7, 11) is -1.22. The molecular weight excluding hydrogens is 242 g/mol. The average molecular weight is 261 g/mol. The standard InChI is InChI=1S/C10H19N3O3S/c1-8-9(2)16-10(12-8)7-13(3)6-5-11-17(4,14)15/h11H,5-7H2,1-4H3. The van der Waals surface area contributed by atoms with Crippen molar-refractivity contribution in [3.8, 4) is 0 Å². The number of sulfonamides is 1. The molecule has 6 nitrogen and oxygen atoms in total. The lowest BCUT2D eigenvalue weighted by molar-refractivity contribution is 0.290.